The van der Waals surface area contributed by atoms with Crippen LogP contribution >= 0.6 is 0 Å². The number of carbonyl (C=O) groups is 2. The van der Waals surface area contributed by atoms with Crippen LogP contribution in [0.2, 0.25) is 0 Å². The lowest BCUT2D eigenvalue weighted by atomic mass is 10.0. The quantitative estimate of drug-likeness (QED) is 0.868. The van der Waals surface area contributed by atoms with E-state index in [2.05, 4.69) is 10.3 Å². The van der Waals surface area contributed by atoms with E-state index in [-0.39, 0.29) is 0 Å². The molecule has 0 saturated heterocycles. The second-order valence-corrected chi connectivity index (χ2v) is 4.79. The fourth-order valence-electron chi connectivity index (χ4n) is 2.36. The van der Waals surface area contributed by atoms with Crippen LogP contribution in [0.1, 0.15) is 30.1 Å². The van der Waals surface area contributed by atoms with Gasteiger partial charge in [-0.2, -0.15) is 13.2 Å². The van der Waals surface area contributed by atoms with Gasteiger partial charge in [-0.1, -0.05) is 0 Å². The maximum Gasteiger partial charge on any atom is 0.449 e. The van der Waals surface area contributed by atoms with Gasteiger partial charge in [-0.25, -0.2) is 4.98 Å². The summed E-state index contributed by atoms with van der Waals surface area (Å²) in [5.74, 6) is -3.14. The first-order chi connectivity index (χ1) is 9.79. The molecule has 21 heavy (non-hydrogen) atoms. The van der Waals surface area contributed by atoms with Crippen LogP contribution in [0.4, 0.5) is 13.2 Å². The van der Waals surface area contributed by atoms with Gasteiger partial charge < -0.3 is 15.0 Å². The molecule has 1 aliphatic rings. The fourth-order valence-corrected chi connectivity index (χ4v) is 2.36. The number of halogens is 3. The molecule has 0 fully saturated rings. The molecule has 1 aliphatic carbocycles. The van der Waals surface area contributed by atoms with Crippen molar-refractivity contribution in [1.82, 2.24) is 14.9 Å². The number of aliphatic carboxylic acids is 1. The first-order valence-electron chi connectivity index (χ1n) is 6.43. The van der Waals surface area contributed by atoms with Gasteiger partial charge >= 0.3 is 12.1 Å². The highest BCUT2D eigenvalue weighted by Gasteiger charge is 2.39. The molecule has 1 aromatic heterocycles. The van der Waals surface area contributed by atoms with Crippen molar-refractivity contribution in [2.45, 2.75) is 38.4 Å². The molecule has 0 aliphatic heterocycles. The van der Waals surface area contributed by atoms with Crippen LogP contribution in [0, 0.1) is 0 Å². The number of hydrogen-bond acceptors (Lipinski definition) is 3. The minimum absolute atomic E-state index is 0.375. The van der Waals surface area contributed by atoms with Crippen molar-refractivity contribution in [3.05, 3.63) is 17.2 Å². The Bertz CT molecular complexity index is 566. The van der Waals surface area contributed by atoms with Crippen LogP contribution in [-0.4, -0.2) is 33.1 Å². The third kappa shape index (κ3) is 3.53. The molecular weight excluding hydrogens is 291 g/mol. The van der Waals surface area contributed by atoms with Crippen molar-refractivity contribution >= 4 is 11.9 Å². The molecule has 1 amide bonds. The summed E-state index contributed by atoms with van der Waals surface area (Å²) in [7, 11) is 0. The van der Waals surface area contributed by atoms with Crippen LogP contribution in [0.3, 0.4) is 0 Å². The van der Waals surface area contributed by atoms with Crippen LogP contribution < -0.4 is 5.32 Å². The third-order valence-corrected chi connectivity index (χ3v) is 3.22. The highest BCUT2D eigenvalue weighted by Crippen LogP contribution is 2.32. The maximum absolute atomic E-state index is 13.0. The maximum atomic E-state index is 13.0. The Hall–Kier alpha value is -2.06. The van der Waals surface area contributed by atoms with Crippen LogP contribution in [0.25, 0.3) is 0 Å². The predicted molar refractivity (Wildman–Crippen MR) is 64.5 cm³/mol. The highest BCUT2D eigenvalue weighted by molar-refractivity contribution is 5.81. The van der Waals surface area contributed by atoms with Crippen LogP contribution in [0.5, 0.6) is 0 Å². The number of aryl methyl sites for hydroxylation is 1. The van der Waals surface area contributed by atoms with E-state index >= 15 is 0 Å². The Balaban J connectivity index is 2.26. The van der Waals surface area contributed by atoms with Gasteiger partial charge in [-0.15, -0.1) is 0 Å². The number of rotatable bonds is 4. The van der Waals surface area contributed by atoms with E-state index in [0.29, 0.717) is 24.2 Å². The second kappa shape index (κ2) is 5.74. The van der Waals surface area contributed by atoms with Gasteiger partial charge in [0.05, 0.1) is 5.69 Å². The molecule has 2 rings (SSSR count). The van der Waals surface area contributed by atoms with E-state index in [1.807, 2.05) is 0 Å². The number of aromatic nitrogens is 2. The number of fused-ring (bicyclic) bond motifs is 1. The number of amides is 1. The summed E-state index contributed by atoms with van der Waals surface area (Å²) in [5, 5.41) is 10.5. The molecule has 9 heteroatoms. The largest absolute Gasteiger partial charge is 0.480 e. The van der Waals surface area contributed by atoms with Crippen molar-refractivity contribution in [2.24, 2.45) is 0 Å². The van der Waals surface area contributed by atoms with Crippen molar-refractivity contribution in [3.63, 3.8) is 0 Å². The zero-order valence-electron chi connectivity index (χ0n) is 11.0. The monoisotopic (exact) mass is 305 g/mol. The number of alkyl halides is 3. The summed E-state index contributed by atoms with van der Waals surface area (Å²) >= 11 is 0. The normalized spacial score (nSPS) is 14.6. The van der Waals surface area contributed by atoms with Gasteiger partial charge in [-0.3, -0.25) is 9.59 Å². The smallest absolute Gasteiger partial charge is 0.449 e. The van der Waals surface area contributed by atoms with E-state index in [9.17, 15) is 22.8 Å². The molecule has 1 heterocycles. The topological polar surface area (TPSA) is 84.2 Å². The van der Waals surface area contributed by atoms with E-state index < -0.39 is 37.0 Å². The number of carbonyl (C=O) groups excluding carboxylic acids is 1. The number of imidazole rings is 1. The second-order valence-electron chi connectivity index (χ2n) is 4.79. The molecule has 6 nitrogen and oxygen atoms in total. The first kappa shape index (κ1) is 15.3. The lowest BCUT2D eigenvalue weighted by Gasteiger charge is -2.15. The molecule has 1 aromatic rings. The Morgan fingerprint density at radius 1 is 1.29 bits per heavy atom. The first-order valence-corrected chi connectivity index (χ1v) is 6.43. The van der Waals surface area contributed by atoms with E-state index in [0.717, 1.165) is 17.4 Å². The predicted octanol–water partition coefficient (Wildman–Crippen LogP) is 0.981. The molecule has 0 unspecified atom stereocenters. The summed E-state index contributed by atoms with van der Waals surface area (Å²) in [6.45, 7) is -1.21. The zero-order chi connectivity index (χ0) is 15.6. The van der Waals surface area contributed by atoms with Gasteiger partial charge in [-0.05, 0) is 25.7 Å². The summed E-state index contributed by atoms with van der Waals surface area (Å²) in [6.07, 6.45) is -2.24. The van der Waals surface area contributed by atoms with Crippen LogP contribution in [0.15, 0.2) is 0 Å². The molecule has 116 valence electrons. The van der Waals surface area contributed by atoms with E-state index in [4.69, 9.17) is 5.11 Å². The molecule has 0 aromatic carbocycles. The Labute approximate surface area is 118 Å². The summed E-state index contributed by atoms with van der Waals surface area (Å²) in [6, 6.07) is 0. The number of nitrogens with zero attached hydrogens (tertiary/aromatic N) is 2. The zero-order valence-corrected chi connectivity index (χ0v) is 11.0. The summed E-state index contributed by atoms with van der Waals surface area (Å²) in [4.78, 5) is 25.6. The number of carboxylic acids is 1. The fraction of sp³-hybridized carbons (Fsp3) is 0.583. The van der Waals surface area contributed by atoms with Gasteiger partial charge in [0.25, 0.3) is 0 Å². The molecule has 0 bridgehead atoms. The molecule has 0 saturated carbocycles. The Morgan fingerprint density at radius 2 is 1.95 bits per heavy atom. The summed E-state index contributed by atoms with van der Waals surface area (Å²) in [5.41, 5.74) is 0.790. The highest BCUT2D eigenvalue weighted by atomic mass is 19.4. The SMILES string of the molecule is O=C(O)CNC(=O)Cn1c(C(F)(F)F)nc2c1CCCC2. The van der Waals surface area contributed by atoms with Gasteiger partial charge in [0.2, 0.25) is 11.7 Å². The van der Waals surface area contributed by atoms with Crippen molar-refractivity contribution in [3.8, 4) is 0 Å². The average molecular weight is 305 g/mol. The van der Waals surface area contributed by atoms with Crippen molar-refractivity contribution in [2.75, 3.05) is 6.54 Å². The third-order valence-electron chi connectivity index (χ3n) is 3.22. The molecular formula is C12H14F3N3O3. The number of hydrogen-bond donors (Lipinski definition) is 2. The molecule has 0 radical (unpaired) electrons. The summed E-state index contributed by atoms with van der Waals surface area (Å²) < 4.78 is 39.8. The van der Waals surface area contributed by atoms with Gasteiger partial charge in [0.15, 0.2) is 0 Å². The minimum Gasteiger partial charge on any atom is -0.480 e. The van der Waals surface area contributed by atoms with Crippen molar-refractivity contribution in [1.29, 1.82) is 0 Å². The van der Waals surface area contributed by atoms with Gasteiger partial charge in [0, 0.05) is 5.69 Å². The Morgan fingerprint density at radius 3 is 2.57 bits per heavy atom. The van der Waals surface area contributed by atoms with Gasteiger partial charge in [0.1, 0.15) is 13.1 Å². The molecule has 0 spiro atoms. The number of nitrogens with one attached hydrogen (secondary N) is 1. The van der Waals surface area contributed by atoms with E-state index in [1.54, 1.807) is 0 Å². The Kier molecular flexibility index (Phi) is 4.19. The minimum atomic E-state index is -4.65. The average Bonchev–Trinajstić information content (AvgIpc) is 2.75. The number of carboxylic acid groups (broad SMARTS) is 1. The van der Waals surface area contributed by atoms with E-state index in [1.165, 1.54) is 0 Å². The lowest BCUT2D eigenvalue weighted by Crippen LogP contribution is -2.33. The van der Waals surface area contributed by atoms with Crippen molar-refractivity contribution < 1.29 is 27.9 Å². The molecule has 2 N–H and O–H groups in total. The standard InChI is InChI=1S/C12H14F3N3O3/c13-12(14,15)11-17-7-3-1-2-4-8(7)18(11)6-9(19)16-5-10(20)21/h1-6H2,(H,16,19)(H,20,21). The molecule has 0 atom stereocenters. The van der Waals surface area contributed by atoms with Crippen LogP contribution in [-0.2, 0) is 35.2 Å². The lowest BCUT2D eigenvalue weighted by molar-refractivity contribution is -0.148.